The van der Waals surface area contributed by atoms with Gasteiger partial charge in [-0.2, -0.15) is 5.26 Å². The van der Waals surface area contributed by atoms with Gasteiger partial charge in [0, 0.05) is 18.9 Å². The van der Waals surface area contributed by atoms with Gasteiger partial charge in [-0.05, 0) is 11.6 Å². The molecule has 10 heavy (non-hydrogen) atoms. The third-order valence-electron chi connectivity index (χ3n) is 1.20. The second kappa shape index (κ2) is 3.70. The lowest BCUT2D eigenvalue weighted by Crippen LogP contribution is -2.12. The summed E-state index contributed by atoms with van der Waals surface area (Å²) >= 11 is 0. The third-order valence-corrected chi connectivity index (χ3v) is 1.20. The third kappa shape index (κ3) is 1.92. The second-order valence-corrected chi connectivity index (χ2v) is 1.98. The topological polar surface area (TPSA) is 51.6 Å². The van der Waals surface area contributed by atoms with E-state index in [0.717, 1.165) is 6.54 Å². The summed E-state index contributed by atoms with van der Waals surface area (Å²) in [7, 11) is 0. The van der Waals surface area contributed by atoms with E-state index in [1.165, 1.54) is 5.56 Å². The summed E-state index contributed by atoms with van der Waals surface area (Å²) in [4.78, 5) is 2.93. The molecule has 0 saturated heterocycles. The monoisotopic (exact) mass is 135 g/mol. The SMILES string of the molecule is N#CCNCc1cc[nH]c1. The van der Waals surface area contributed by atoms with Crippen LogP contribution in [0.5, 0.6) is 0 Å². The minimum Gasteiger partial charge on any atom is -0.367 e. The molecular formula is C7H9N3. The smallest absolute Gasteiger partial charge is 0.0843 e. The highest BCUT2D eigenvalue weighted by Gasteiger charge is 1.88. The highest BCUT2D eigenvalue weighted by molar-refractivity contribution is 5.07. The van der Waals surface area contributed by atoms with Gasteiger partial charge in [0.1, 0.15) is 0 Å². The number of hydrogen-bond acceptors (Lipinski definition) is 2. The Kier molecular flexibility index (Phi) is 2.53. The molecule has 0 radical (unpaired) electrons. The number of nitriles is 1. The van der Waals surface area contributed by atoms with E-state index in [1.54, 1.807) is 0 Å². The predicted octanol–water partition coefficient (Wildman–Crippen LogP) is 0.628. The maximum atomic E-state index is 8.17. The van der Waals surface area contributed by atoms with Crippen LogP contribution in [0.3, 0.4) is 0 Å². The van der Waals surface area contributed by atoms with E-state index in [9.17, 15) is 0 Å². The number of H-pyrrole nitrogens is 1. The van der Waals surface area contributed by atoms with Gasteiger partial charge in [-0.1, -0.05) is 0 Å². The molecule has 0 atom stereocenters. The molecule has 0 spiro atoms. The zero-order valence-electron chi connectivity index (χ0n) is 5.59. The van der Waals surface area contributed by atoms with Crippen LogP contribution in [-0.4, -0.2) is 11.5 Å². The minimum atomic E-state index is 0.408. The van der Waals surface area contributed by atoms with Gasteiger partial charge in [0.05, 0.1) is 12.6 Å². The molecule has 0 aromatic carbocycles. The van der Waals surface area contributed by atoms with Gasteiger partial charge in [-0.3, -0.25) is 0 Å². The molecule has 52 valence electrons. The van der Waals surface area contributed by atoms with E-state index in [1.807, 2.05) is 24.5 Å². The maximum Gasteiger partial charge on any atom is 0.0843 e. The van der Waals surface area contributed by atoms with Crippen molar-refractivity contribution in [3.8, 4) is 6.07 Å². The average molecular weight is 135 g/mol. The summed E-state index contributed by atoms with van der Waals surface area (Å²) in [5, 5.41) is 11.1. The largest absolute Gasteiger partial charge is 0.367 e. The van der Waals surface area contributed by atoms with E-state index >= 15 is 0 Å². The van der Waals surface area contributed by atoms with E-state index in [-0.39, 0.29) is 0 Å². The highest BCUT2D eigenvalue weighted by atomic mass is 14.8. The number of aromatic amines is 1. The van der Waals surface area contributed by atoms with Gasteiger partial charge in [-0.15, -0.1) is 0 Å². The molecular weight excluding hydrogens is 126 g/mol. The predicted molar refractivity (Wildman–Crippen MR) is 38.1 cm³/mol. The maximum absolute atomic E-state index is 8.17. The zero-order valence-corrected chi connectivity index (χ0v) is 5.59. The van der Waals surface area contributed by atoms with Crippen LogP contribution in [0, 0.1) is 11.3 Å². The first kappa shape index (κ1) is 6.84. The van der Waals surface area contributed by atoms with Crippen molar-refractivity contribution in [3.05, 3.63) is 24.0 Å². The van der Waals surface area contributed by atoms with Crippen molar-refractivity contribution in [2.75, 3.05) is 6.54 Å². The van der Waals surface area contributed by atoms with Crippen LogP contribution in [0.4, 0.5) is 0 Å². The summed E-state index contributed by atoms with van der Waals surface area (Å²) < 4.78 is 0. The summed E-state index contributed by atoms with van der Waals surface area (Å²) in [6, 6.07) is 3.99. The fourth-order valence-electron chi connectivity index (χ4n) is 0.731. The Hall–Kier alpha value is -1.27. The lowest BCUT2D eigenvalue weighted by atomic mass is 10.3. The van der Waals surface area contributed by atoms with Gasteiger partial charge in [0.15, 0.2) is 0 Å². The Bertz CT molecular complexity index is 207. The van der Waals surface area contributed by atoms with Crippen LogP contribution in [0.1, 0.15) is 5.56 Å². The first-order chi connectivity index (χ1) is 4.93. The Morgan fingerprint density at radius 3 is 3.20 bits per heavy atom. The number of nitrogens with one attached hydrogen (secondary N) is 2. The first-order valence-corrected chi connectivity index (χ1v) is 3.13. The van der Waals surface area contributed by atoms with Crippen molar-refractivity contribution < 1.29 is 0 Å². The average Bonchev–Trinajstić information content (AvgIpc) is 2.41. The molecule has 1 aromatic rings. The molecule has 0 bridgehead atoms. The minimum absolute atomic E-state index is 0.408. The molecule has 1 rings (SSSR count). The molecule has 3 nitrogen and oxygen atoms in total. The van der Waals surface area contributed by atoms with Gasteiger partial charge >= 0.3 is 0 Å². The standard InChI is InChI=1S/C7H9N3/c8-2-4-10-6-7-1-3-9-5-7/h1,3,5,9-10H,4,6H2. The van der Waals surface area contributed by atoms with E-state index in [2.05, 4.69) is 10.3 Å². The normalized spacial score (nSPS) is 9.10. The van der Waals surface area contributed by atoms with Gasteiger partial charge in [-0.25, -0.2) is 0 Å². The molecule has 0 unspecified atom stereocenters. The fraction of sp³-hybridized carbons (Fsp3) is 0.286. The summed E-state index contributed by atoms with van der Waals surface area (Å²) in [5.74, 6) is 0. The van der Waals surface area contributed by atoms with Crippen LogP contribution in [-0.2, 0) is 6.54 Å². The van der Waals surface area contributed by atoms with Crippen molar-refractivity contribution >= 4 is 0 Å². The molecule has 0 aliphatic rings. The Morgan fingerprint density at radius 1 is 1.70 bits per heavy atom. The van der Waals surface area contributed by atoms with Crippen LogP contribution in [0.25, 0.3) is 0 Å². The van der Waals surface area contributed by atoms with E-state index in [4.69, 9.17) is 5.26 Å². The van der Waals surface area contributed by atoms with Crippen molar-refractivity contribution in [3.63, 3.8) is 0 Å². The molecule has 0 amide bonds. The van der Waals surface area contributed by atoms with E-state index < -0.39 is 0 Å². The first-order valence-electron chi connectivity index (χ1n) is 3.13. The molecule has 0 saturated carbocycles. The number of hydrogen-bond donors (Lipinski definition) is 2. The number of aromatic nitrogens is 1. The zero-order chi connectivity index (χ0) is 7.23. The summed E-state index contributed by atoms with van der Waals surface area (Å²) in [6.45, 7) is 1.17. The Morgan fingerprint density at radius 2 is 2.60 bits per heavy atom. The Balaban J connectivity index is 2.23. The van der Waals surface area contributed by atoms with Crippen LogP contribution < -0.4 is 5.32 Å². The molecule has 0 aliphatic carbocycles. The molecule has 1 aromatic heterocycles. The summed E-state index contributed by atoms with van der Waals surface area (Å²) in [6.07, 6.45) is 3.77. The fourth-order valence-corrected chi connectivity index (χ4v) is 0.731. The van der Waals surface area contributed by atoms with Crippen LogP contribution in [0.15, 0.2) is 18.5 Å². The Labute approximate surface area is 59.7 Å². The van der Waals surface area contributed by atoms with E-state index in [0.29, 0.717) is 6.54 Å². The molecule has 3 heteroatoms. The van der Waals surface area contributed by atoms with Gasteiger partial charge in [0.25, 0.3) is 0 Å². The molecule has 1 heterocycles. The summed E-state index contributed by atoms with van der Waals surface area (Å²) in [5.41, 5.74) is 1.18. The van der Waals surface area contributed by atoms with Crippen molar-refractivity contribution in [2.24, 2.45) is 0 Å². The quantitative estimate of drug-likeness (QED) is 0.471. The lowest BCUT2D eigenvalue weighted by Gasteiger charge is -1.93. The van der Waals surface area contributed by atoms with Crippen LogP contribution >= 0.6 is 0 Å². The second-order valence-electron chi connectivity index (χ2n) is 1.98. The van der Waals surface area contributed by atoms with Gasteiger partial charge < -0.3 is 10.3 Å². The molecule has 2 N–H and O–H groups in total. The number of rotatable bonds is 3. The molecule has 0 fully saturated rings. The van der Waals surface area contributed by atoms with Crippen LogP contribution in [0.2, 0.25) is 0 Å². The van der Waals surface area contributed by atoms with Crippen molar-refractivity contribution in [1.29, 1.82) is 5.26 Å². The lowest BCUT2D eigenvalue weighted by molar-refractivity contribution is 0.766. The van der Waals surface area contributed by atoms with Crippen molar-refractivity contribution in [2.45, 2.75) is 6.54 Å². The highest BCUT2D eigenvalue weighted by Crippen LogP contribution is 1.93. The number of nitrogens with zero attached hydrogens (tertiary/aromatic N) is 1. The molecule has 0 aliphatic heterocycles. The van der Waals surface area contributed by atoms with Gasteiger partial charge in [0.2, 0.25) is 0 Å². The van der Waals surface area contributed by atoms with Crippen molar-refractivity contribution in [1.82, 2.24) is 10.3 Å².